The lowest BCUT2D eigenvalue weighted by Gasteiger charge is -2.20. The molecule has 3 N–H and O–H groups in total. The van der Waals surface area contributed by atoms with Gasteiger partial charge in [0.05, 0.1) is 17.9 Å². The molecule has 0 atom stereocenters. The van der Waals surface area contributed by atoms with Gasteiger partial charge in [0.15, 0.2) is 0 Å². The normalized spacial score (nSPS) is 11.7. The van der Waals surface area contributed by atoms with E-state index in [1.165, 1.54) is 16.7 Å². The number of nitrogens with one attached hydrogen (secondary N) is 1. The van der Waals surface area contributed by atoms with Crippen LogP contribution in [-0.2, 0) is 13.0 Å². The first-order valence-electron chi connectivity index (χ1n) is 9.42. The van der Waals surface area contributed by atoms with Crippen LogP contribution in [0.2, 0.25) is 0 Å². The van der Waals surface area contributed by atoms with Gasteiger partial charge in [-0.1, -0.05) is 36.4 Å². The highest BCUT2D eigenvalue weighted by molar-refractivity contribution is 5.91. The third-order valence-corrected chi connectivity index (χ3v) is 5.33. The number of hydrogen-bond acceptors (Lipinski definition) is 3. The second-order valence-electron chi connectivity index (χ2n) is 7.09. The van der Waals surface area contributed by atoms with Gasteiger partial charge in [0.1, 0.15) is 0 Å². The summed E-state index contributed by atoms with van der Waals surface area (Å²) in [6.45, 7) is 0.393. The first-order chi connectivity index (χ1) is 14.2. The molecule has 1 aliphatic carbocycles. The fourth-order valence-electron chi connectivity index (χ4n) is 3.87. The van der Waals surface area contributed by atoms with Crippen LogP contribution in [0.3, 0.4) is 0 Å². The summed E-state index contributed by atoms with van der Waals surface area (Å²) >= 11 is 0. The number of nitrogens with zero attached hydrogens (tertiary/aromatic N) is 3. The topological polar surface area (TPSA) is 87.9 Å². The first kappa shape index (κ1) is 17.2. The fraction of sp³-hybridized carbons (Fsp3) is 0.0870. The molecule has 2 heterocycles. The van der Waals surface area contributed by atoms with E-state index in [0.29, 0.717) is 6.54 Å². The van der Waals surface area contributed by atoms with Crippen LogP contribution < -0.4 is 10.6 Å². The minimum Gasteiger partial charge on any atom is -0.351 e. The van der Waals surface area contributed by atoms with E-state index in [4.69, 9.17) is 5.73 Å². The zero-order chi connectivity index (χ0) is 19.8. The third kappa shape index (κ3) is 3.04. The minimum atomic E-state index is -0.495. The number of urea groups is 1. The average Bonchev–Trinajstić information content (AvgIpc) is 3.32. The van der Waals surface area contributed by atoms with E-state index < -0.39 is 6.03 Å². The van der Waals surface area contributed by atoms with Gasteiger partial charge in [-0.2, -0.15) is 5.10 Å². The lowest BCUT2D eigenvalue weighted by atomic mass is 10.0. The predicted octanol–water partition coefficient (Wildman–Crippen LogP) is 4.13. The molecule has 1 aliphatic rings. The summed E-state index contributed by atoms with van der Waals surface area (Å²) in [4.78, 5) is 17.6. The molecule has 4 aromatic rings. The quantitative estimate of drug-likeness (QED) is 0.491. The van der Waals surface area contributed by atoms with Gasteiger partial charge in [-0.15, -0.1) is 0 Å². The fourth-order valence-corrected chi connectivity index (χ4v) is 3.87. The van der Waals surface area contributed by atoms with E-state index in [2.05, 4.69) is 33.4 Å². The molecule has 6 nitrogen and oxygen atoms in total. The number of pyridine rings is 1. The van der Waals surface area contributed by atoms with E-state index in [1.807, 2.05) is 42.5 Å². The van der Waals surface area contributed by atoms with Gasteiger partial charge < -0.3 is 5.73 Å². The summed E-state index contributed by atoms with van der Waals surface area (Å²) in [6, 6.07) is 19.4. The number of aromatic nitrogens is 3. The van der Waals surface area contributed by atoms with Crippen LogP contribution in [0.4, 0.5) is 10.5 Å². The lowest BCUT2D eigenvalue weighted by molar-refractivity contribution is 0.253. The molecule has 5 rings (SSSR count). The van der Waals surface area contributed by atoms with Gasteiger partial charge in [-0.25, -0.2) is 4.79 Å². The Labute approximate surface area is 168 Å². The Morgan fingerprint density at radius 3 is 2.55 bits per heavy atom. The molecule has 2 aromatic heterocycles. The molecule has 0 fully saturated rings. The maximum absolute atomic E-state index is 12.0. The van der Waals surface area contributed by atoms with E-state index in [-0.39, 0.29) is 0 Å². The first-order valence-corrected chi connectivity index (χ1v) is 9.42. The van der Waals surface area contributed by atoms with Gasteiger partial charge in [-0.3, -0.25) is 15.0 Å². The molecule has 0 saturated heterocycles. The Balaban J connectivity index is 1.44. The van der Waals surface area contributed by atoms with Crippen molar-refractivity contribution < 1.29 is 4.79 Å². The van der Waals surface area contributed by atoms with Gasteiger partial charge in [0, 0.05) is 41.2 Å². The molecule has 0 aliphatic heterocycles. The number of carbonyl (C=O) groups is 1. The number of amides is 2. The summed E-state index contributed by atoms with van der Waals surface area (Å²) in [5.41, 5.74) is 14.1. The van der Waals surface area contributed by atoms with E-state index in [1.54, 1.807) is 17.3 Å². The third-order valence-electron chi connectivity index (χ3n) is 5.33. The molecule has 0 unspecified atom stereocenters. The van der Waals surface area contributed by atoms with E-state index >= 15 is 0 Å². The number of carbonyl (C=O) groups excluding carboxylic acids is 1. The summed E-state index contributed by atoms with van der Waals surface area (Å²) in [5.74, 6) is 0. The molecule has 29 heavy (non-hydrogen) atoms. The van der Waals surface area contributed by atoms with Crippen LogP contribution in [-0.4, -0.2) is 21.2 Å². The van der Waals surface area contributed by atoms with Crippen molar-refractivity contribution in [2.24, 2.45) is 5.73 Å². The molecular weight excluding hydrogens is 362 g/mol. The van der Waals surface area contributed by atoms with Crippen LogP contribution in [0.15, 0.2) is 73.1 Å². The van der Waals surface area contributed by atoms with Gasteiger partial charge >= 0.3 is 6.03 Å². The Kier molecular flexibility index (Phi) is 4.09. The molecule has 2 amide bonds. The summed E-state index contributed by atoms with van der Waals surface area (Å²) in [6.07, 6.45) is 4.27. The molecule has 0 radical (unpaired) electrons. The number of benzene rings is 2. The standard InChI is InChI=1S/C23H19N5O/c24-23(29)28(14-15-9-11-25-12-10-15)18-7-5-16(6-8-18)21-20-13-17-3-1-2-4-19(17)22(20)27-26-21/h1-12H,13-14H2,(H2,24,29)(H,26,27). The molecule has 0 spiro atoms. The number of anilines is 1. The minimum absolute atomic E-state index is 0.393. The number of primary amides is 1. The molecule has 6 heteroatoms. The Morgan fingerprint density at radius 1 is 1.03 bits per heavy atom. The van der Waals surface area contributed by atoms with E-state index in [9.17, 15) is 4.79 Å². The smallest absolute Gasteiger partial charge is 0.319 e. The molecular formula is C23H19N5O. The lowest BCUT2D eigenvalue weighted by Crippen LogP contribution is -2.35. The number of aromatic amines is 1. The molecule has 142 valence electrons. The van der Waals surface area contributed by atoms with Crippen LogP contribution in [0.25, 0.3) is 22.5 Å². The number of fused-ring (bicyclic) bond motifs is 3. The van der Waals surface area contributed by atoms with E-state index in [0.717, 1.165) is 34.6 Å². The predicted molar refractivity (Wildman–Crippen MR) is 112 cm³/mol. The van der Waals surface area contributed by atoms with Crippen LogP contribution in [0.5, 0.6) is 0 Å². The monoisotopic (exact) mass is 381 g/mol. The Hall–Kier alpha value is -3.93. The van der Waals surface area contributed by atoms with Gasteiger partial charge in [0.25, 0.3) is 0 Å². The number of H-pyrrole nitrogens is 1. The van der Waals surface area contributed by atoms with Crippen molar-refractivity contribution in [1.82, 2.24) is 15.2 Å². The summed E-state index contributed by atoms with van der Waals surface area (Å²) in [7, 11) is 0. The second kappa shape index (κ2) is 6.91. The van der Waals surface area contributed by atoms with Crippen LogP contribution >= 0.6 is 0 Å². The van der Waals surface area contributed by atoms with Crippen molar-refractivity contribution >= 4 is 11.7 Å². The van der Waals surface area contributed by atoms with Crippen LogP contribution in [0.1, 0.15) is 16.7 Å². The largest absolute Gasteiger partial charge is 0.351 e. The van der Waals surface area contributed by atoms with Crippen molar-refractivity contribution in [3.63, 3.8) is 0 Å². The van der Waals surface area contributed by atoms with Crippen molar-refractivity contribution in [3.05, 3.63) is 89.7 Å². The zero-order valence-corrected chi connectivity index (χ0v) is 15.7. The Bertz CT molecular complexity index is 1180. The maximum atomic E-state index is 12.0. The van der Waals surface area contributed by atoms with Crippen molar-refractivity contribution in [1.29, 1.82) is 0 Å². The number of nitrogens with two attached hydrogens (primary N) is 1. The molecule has 2 aromatic carbocycles. The summed E-state index contributed by atoms with van der Waals surface area (Å²) in [5, 5.41) is 7.74. The average molecular weight is 381 g/mol. The highest BCUT2D eigenvalue weighted by Crippen LogP contribution is 2.40. The van der Waals surface area contributed by atoms with Crippen molar-refractivity contribution in [2.75, 3.05) is 4.90 Å². The SMILES string of the molecule is NC(=O)N(Cc1ccncc1)c1ccc(-c2n[nH]c3c2Cc2ccccc2-3)cc1. The molecule has 0 bridgehead atoms. The Morgan fingerprint density at radius 2 is 1.79 bits per heavy atom. The molecule has 0 saturated carbocycles. The second-order valence-corrected chi connectivity index (χ2v) is 7.09. The zero-order valence-electron chi connectivity index (χ0n) is 15.7. The van der Waals surface area contributed by atoms with Crippen molar-refractivity contribution in [2.45, 2.75) is 13.0 Å². The summed E-state index contributed by atoms with van der Waals surface area (Å²) < 4.78 is 0. The highest BCUT2D eigenvalue weighted by atomic mass is 16.2. The van der Waals surface area contributed by atoms with Gasteiger partial charge in [0.2, 0.25) is 0 Å². The van der Waals surface area contributed by atoms with Gasteiger partial charge in [-0.05, 0) is 35.4 Å². The maximum Gasteiger partial charge on any atom is 0.319 e. The highest BCUT2D eigenvalue weighted by Gasteiger charge is 2.24. The number of hydrogen-bond donors (Lipinski definition) is 2. The van der Waals surface area contributed by atoms with Crippen LogP contribution in [0, 0.1) is 0 Å². The van der Waals surface area contributed by atoms with Crippen molar-refractivity contribution in [3.8, 4) is 22.5 Å². The number of rotatable bonds is 4.